The summed E-state index contributed by atoms with van der Waals surface area (Å²) >= 11 is 1.79. The van der Waals surface area contributed by atoms with E-state index in [-0.39, 0.29) is 0 Å². The first-order valence-electron chi connectivity index (χ1n) is 18.7. The third kappa shape index (κ3) is 5.08. The Bertz CT molecular complexity index is 3540. The third-order valence-electron chi connectivity index (χ3n) is 10.6. The van der Waals surface area contributed by atoms with Crippen molar-refractivity contribution < 1.29 is 8.83 Å². The number of benzene rings is 7. The molecule has 0 N–H and O–H groups in total. The number of nitrogens with zero attached hydrogens (tertiary/aromatic N) is 5. The second-order valence-electron chi connectivity index (χ2n) is 14.0. The van der Waals surface area contributed by atoms with Crippen LogP contribution in [0.15, 0.2) is 173 Å². The minimum Gasteiger partial charge on any atom is -0.455 e. The van der Waals surface area contributed by atoms with E-state index in [9.17, 15) is 0 Å². The lowest BCUT2D eigenvalue weighted by Gasteiger charge is -2.09. The summed E-state index contributed by atoms with van der Waals surface area (Å²) < 4.78 is 15.6. The molecule has 0 spiro atoms. The lowest BCUT2D eigenvalue weighted by molar-refractivity contribution is 0.667. The molecule has 0 unspecified atom stereocenters. The highest BCUT2D eigenvalue weighted by Crippen LogP contribution is 2.42. The molecule has 7 aromatic carbocycles. The smallest absolute Gasteiger partial charge is 0.180 e. The summed E-state index contributed by atoms with van der Waals surface area (Å²) in [5.41, 5.74) is 8.69. The van der Waals surface area contributed by atoms with Crippen molar-refractivity contribution in [2.24, 2.45) is 0 Å². The number of furan rings is 2. The van der Waals surface area contributed by atoms with Crippen LogP contribution in [0.25, 0.3) is 121 Å². The molecule has 0 fully saturated rings. The van der Waals surface area contributed by atoms with Gasteiger partial charge in [0.05, 0.1) is 5.56 Å². The molecule has 0 saturated heterocycles. The molecule has 0 aliphatic rings. The van der Waals surface area contributed by atoms with Gasteiger partial charge in [0.1, 0.15) is 28.0 Å². The molecule has 0 amide bonds. The minimum atomic E-state index is 0.522. The molecule has 12 aromatic rings. The summed E-state index contributed by atoms with van der Waals surface area (Å²) in [7, 11) is 0. The quantitative estimate of drug-likeness (QED) is 0.173. The second-order valence-corrected chi connectivity index (χ2v) is 15.1. The van der Waals surface area contributed by atoms with Crippen LogP contribution in [0.1, 0.15) is 0 Å². The Labute approximate surface area is 328 Å². The topological polar surface area (TPSA) is 90.7 Å². The van der Waals surface area contributed by atoms with Crippen molar-refractivity contribution in [1.82, 2.24) is 24.9 Å². The number of fused-ring (bicyclic) bond motifs is 9. The molecule has 0 radical (unpaired) electrons. The van der Waals surface area contributed by atoms with Crippen molar-refractivity contribution in [3.8, 4) is 56.8 Å². The highest BCUT2D eigenvalue weighted by atomic mass is 32.1. The first-order chi connectivity index (χ1) is 28.2. The summed E-state index contributed by atoms with van der Waals surface area (Å²) in [6.45, 7) is 0. The Kier molecular flexibility index (Phi) is 6.96. The van der Waals surface area contributed by atoms with Crippen LogP contribution in [0.2, 0.25) is 0 Å². The van der Waals surface area contributed by atoms with Crippen LogP contribution >= 0.6 is 11.3 Å². The molecule has 5 aromatic heterocycles. The molecule has 12 rings (SSSR count). The van der Waals surface area contributed by atoms with Gasteiger partial charge in [-0.2, -0.15) is 0 Å². The highest BCUT2D eigenvalue weighted by molar-refractivity contribution is 7.25. The van der Waals surface area contributed by atoms with Crippen molar-refractivity contribution in [2.45, 2.75) is 0 Å². The monoisotopic (exact) mass is 749 g/mol. The fourth-order valence-electron chi connectivity index (χ4n) is 7.92. The maximum absolute atomic E-state index is 6.77. The van der Waals surface area contributed by atoms with Gasteiger partial charge in [0, 0.05) is 58.6 Å². The van der Waals surface area contributed by atoms with Gasteiger partial charge >= 0.3 is 0 Å². The van der Waals surface area contributed by atoms with Crippen molar-refractivity contribution in [1.29, 1.82) is 0 Å². The van der Waals surface area contributed by atoms with Gasteiger partial charge < -0.3 is 8.83 Å². The summed E-state index contributed by atoms with van der Waals surface area (Å²) in [5.74, 6) is 2.28. The van der Waals surface area contributed by atoms with Gasteiger partial charge in [0.15, 0.2) is 28.9 Å². The van der Waals surface area contributed by atoms with Gasteiger partial charge in [-0.25, -0.2) is 24.9 Å². The van der Waals surface area contributed by atoms with Crippen molar-refractivity contribution >= 4 is 75.5 Å². The zero-order chi connectivity index (χ0) is 37.5. The van der Waals surface area contributed by atoms with Crippen LogP contribution in [0.4, 0.5) is 0 Å². The number of hydrogen-bond donors (Lipinski definition) is 0. The first kappa shape index (κ1) is 31.8. The molecule has 0 aliphatic heterocycles. The maximum Gasteiger partial charge on any atom is 0.180 e. The van der Waals surface area contributed by atoms with Gasteiger partial charge in [-0.3, -0.25) is 0 Å². The van der Waals surface area contributed by atoms with E-state index >= 15 is 0 Å². The normalized spacial score (nSPS) is 11.9. The SMILES string of the molecule is c1ccc(-c2nc(-c3ccc4sc5ccccc5c4c3)nc(-c3cccc4c3oc3cccc(-c5nc(-c6ccccc6)c6oc7ccccc7c6n5)c34)n2)cc1. The highest BCUT2D eigenvalue weighted by Gasteiger charge is 2.23. The van der Waals surface area contributed by atoms with Gasteiger partial charge in [-0.1, -0.05) is 115 Å². The van der Waals surface area contributed by atoms with E-state index in [0.717, 1.165) is 60.8 Å². The van der Waals surface area contributed by atoms with E-state index in [4.69, 9.17) is 33.8 Å². The molecule has 0 bridgehead atoms. The van der Waals surface area contributed by atoms with Gasteiger partial charge in [0.25, 0.3) is 0 Å². The summed E-state index contributed by atoms with van der Waals surface area (Å²) in [6, 6.07) is 55.3. The van der Waals surface area contributed by atoms with Crippen LogP contribution in [-0.2, 0) is 0 Å². The molecule has 57 heavy (non-hydrogen) atoms. The predicted molar refractivity (Wildman–Crippen MR) is 230 cm³/mol. The molecular weight excluding hydrogens is 723 g/mol. The lowest BCUT2D eigenvalue weighted by Crippen LogP contribution is -2.00. The molecule has 7 nitrogen and oxygen atoms in total. The van der Waals surface area contributed by atoms with E-state index in [1.54, 1.807) is 11.3 Å². The van der Waals surface area contributed by atoms with Crippen LogP contribution in [0, 0.1) is 0 Å². The Morgan fingerprint density at radius 3 is 1.84 bits per heavy atom. The van der Waals surface area contributed by atoms with E-state index < -0.39 is 0 Å². The van der Waals surface area contributed by atoms with Crippen LogP contribution < -0.4 is 0 Å². The Morgan fingerprint density at radius 2 is 0.982 bits per heavy atom. The lowest BCUT2D eigenvalue weighted by atomic mass is 10.0. The standard InChI is InChI=1S/C49H27N5O2S/c1-3-13-28(14-4-1)42-45-43(32-18-7-9-22-37(32)55-45)51-48(50-42)34-20-12-23-38-41(34)33-19-11-21-35(44(33)56-38)49-53-46(29-15-5-2-6-16-29)52-47(54-49)30-25-26-40-36(27-30)31-17-8-10-24-39(31)57-40/h1-27H. The van der Waals surface area contributed by atoms with Gasteiger partial charge in [0.2, 0.25) is 0 Å². The Balaban J connectivity index is 1.08. The van der Waals surface area contributed by atoms with Crippen molar-refractivity contribution in [3.05, 3.63) is 164 Å². The molecule has 0 aliphatic carbocycles. The minimum absolute atomic E-state index is 0.522. The average molecular weight is 750 g/mol. The fraction of sp³-hybridized carbons (Fsp3) is 0. The Hall–Kier alpha value is -7.55. The number of thiophene rings is 1. The summed E-state index contributed by atoms with van der Waals surface area (Å²) in [5, 5.41) is 5.16. The zero-order valence-electron chi connectivity index (χ0n) is 30.0. The number of rotatable bonds is 5. The van der Waals surface area contributed by atoms with Crippen LogP contribution in [-0.4, -0.2) is 24.9 Å². The van der Waals surface area contributed by atoms with E-state index in [1.165, 1.54) is 20.2 Å². The summed E-state index contributed by atoms with van der Waals surface area (Å²) in [6.07, 6.45) is 0. The van der Waals surface area contributed by atoms with E-state index in [2.05, 4.69) is 54.6 Å². The molecular formula is C49H27N5O2S. The predicted octanol–water partition coefficient (Wildman–Crippen LogP) is 13.2. The summed E-state index contributed by atoms with van der Waals surface area (Å²) in [4.78, 5) is 25.7. The fourth-order valence-corrected chi connectivity index (χ4v) is 9.01. The average Bonchev–Trinajstić information content (AvgIpc) is 3.98. The Morgan fingerprint density at radius 1 is 0.368 bits per heavy atom. The molecule has 266 valence electrons. The molecule has 5 heterocycles. The van der Waals surface area contributed by atoms with E-state index in [0.29, 0.717) is 40.0 Å². The number of para-hydroxylation sites is 2. The number of aromatic nitrogens is 5. The van der Waals surface area contributed by atoms with Crippen molar-refractivity contribution in [3.63, 3.8) is 0 Å². The molecule has 0 saturated carbocycles. The van der Waals surface area contributed by atoms with E-state index in [1.807, 2.05) is 109 Å². The maximum atomic E-state index is 6.77. The first-order valence-corrected chi connectivity index (χ1v) is 19.5. The molecule has 0 atom stereocenters. The van der Waals surface area contributed by atoms with Gasteiger partial charge in [-0.15, -0.1) is 11.3 Å². The zero-order valence-corrected chi connectivity index (χ0v) is 30.9. The largest absolute Gasteiger partial charge is 0.455 e. The number of hydrogen-bond acceptors (Lipinski definition) is 8. The van der Waals surface area contributed by atoms with Crippen LogP contribution in [0.3, 0.4) is 0 Å². The second kappa shape index (κ2) is 12.5. The van der Waals surface area contributed by atoms with Gasteiger partial charge in [-0.05, 0) is 48.5 Å². The van der Waals surface area contributed by atoms with Crippen molar-refractivity contribution in [2.75, 3.05) is 0 Å². The van der Waals surface area contributed by atoms with Crippen LogP contribution in [0.5, 0.6) is 0 Å². The molecule has 8 heteroatoms. The third-order valence-corrected chi connectivity index (χ3v) is 11.7.